The Kier molecular flexibility index (Phi) is 4.16. The van der Waals surface area contributed by atoms with Gasteiger partial charge in [0, 0.05) is 39.4 Å². The summed E-state index contributed by atoms with van der Waals surface area (Å²) in [6.45, 7) is 0.774. The number of hydrogen-bond acceptors (Lipinski definition) is 3. The van der Waals surface area contributed by atoms with Gasteiger partial charge in [0.1, 0.15) is 5.69 Å². The molecule has 7 nitrogen and oxygen atoms in total. The molecule has 0 atom stereocenters. The van der Waals surface area contributed by atoms with Crippen LogP contribution in [-0.2, 0) is 0 Å². The third kappa shape index (κ3) is 3.43. The van der Waals surface area contributed by atoms with Crippen LogP contribution in [0, 0.1) is 0 Å². The minimum absolute atomic E-state index is 0.160. The SMILES string of the molecule is CN(C)C(=O)NCCNC(=O)c1cc(N)cn1C1CC1. The number of nitrogen functional groups attached to an aromatic ring is 1. The average molecular weight is 279 g/mol. The molecule has 1 fully saturated rings. The molecule has 1 saturated carbocycles. The fourth-order valence-corrected chi connectivity index (χ4v) is 1.93. The fourth-order valence-electron chi connectivity index (χ4n) is 1.93. The minimum Gasteiger partial charge on any atom is -0.397 e. The molecule has 4 N–H and O–H groups in total. The van der Waals surface area contributed by atoms with Gasteiger partial charge < -0.3 is 25.8 Å². The van der Waals surface area contributed by atoms with Crippen LogP contribution >= 0.6 is 0 Å². The van der Waals surface area contributed by atoms with Gasteiger partial charge in [-0.25, -0.2) is 4.79 Å². The Balaban J connectivity index is 1.82. The van der Waals surface area contributed by atoms with E-state index in [0.29, 0.717) is 30.5 Å². The second kappa shape index (κ2) is 5.85. The van der Waals surface area contributed by atoms with Crippen LogP contribution in [0.3, 0.4) is 0 Å². The van der Waals surface area contributed by atoms with E-state index >= 15 is 0 Å². The Hall–Kier alpha value is -2.18. The van der Waals surface area contributed by atoms with Crippen LogP contribution in [0.5, 0.6) is 0 Å². The second-order valence-electron chi connectivity index (χ2n) is 5.18. The van der Waals surface area contributed by atoms with Gasteiger partial charge in [-0.1, -0.05) is 0 Å². The van der Waals surface area contributed by atoms with Gasteiger partial charge in [-0.3, -0.25) is 4.79 Å². The maximum Gasteiger partial charge on any atom is 0.316 e. The number of nitrogens with one attached hydrogen (secondary N) is 2. The van der Waals surface area contributed by atoms with Crippen LogP contribution in [0.4, 0.5) is 10.5 Å². The van der Waals surface area contributed by atoms with Gasteiger partial charge in [0.05, 0.1) is 5.69 Å². The van der Waals surface area contributed by atoms with Crippen molar-refractivity contribution in [3.05, 3.63) is 18.0 Å². The first-order valence-corrected chi connectivity index (χ1v) is 6.69. The van der Waals surface area contributed by atoms with Crippen LogP contribution < -0.4 is 16.4 Å². The predicted octanol–water partition coefficient (Wildman–Crippen LogP) is 0.406. The van der Waals surface area contributed by atoms with Crippen molar-refractivity contribution in [2.45, 2.75) is 18.9 Å². The number of nitrogens with two attached hydrogens (primary N) is 1. The van der Waals surface area contributed by atoms with Crippen molar-refractivity contribution >= 4 is 17.6 Å². The predicted molar refractivity (Wildman–Crippen MR) is 76.5 cm³/mol. The summed E-state index contributed by atoms with van der Waals surface area (Å²) < 4.78 is 1.93. The van der Waals surface area contributed by atoms with Crippen LogP contribution in [0.2, 0.25) is 0 Å². The molecule has 1 heterocycles. The molecule has 1 aliphatic rings. The maximum absolute atomic E-state index is 12.1. The average Bonchev–Trinajstić information content (AvgIpc) is 3.16. The third-order valence-corrected chi connectivity index (χ3v) is 3.14. The summed E-state index contributed by atoms with van der Waals surface area (Å²) in [5, 5.41) is 5.47. The van der Waals surface area contributed by atoms with Crippen LogP contribution in [-0.4, -0.2) is 48.6 Å². The monoisotopic (exact) mass is 279 g/mol. The molecule has 110 valence electrons. The normalized spacial score (nSPS) is 13.9. The molecule has 0 radical (unpaired) electrons. The van der Waals surface area contributed by atoms with E-state index in [1.807, 2.05) is 4.57 Å². The van der Waals surface area contributed by atoms with Gasteiger partial charge in [-0.05, 0) is 18.9 Å². The van der Waals surface area contributed by atoms with E-state index in [0.717, 1.165) is 12.8 Å². The molecule has 0 spiro atoms. The van der Waals surface area contributed by atoms with Crippen molar-refractivity contribution in [2.24, 2.45) is 0 Å². The summed E-state index contributed by atoms with van der Waals surface area (Å²) in [7, 11) is 3.33. The standard InChI is InChI=1S/C13H21N5O2/c1-17(2)13(20)16-6-5-15-12(19)11-7-9(14)8-18(11)10-3-4-10/h7-8,10H,3-6,14H2,1-2H3,(H,15,19)(H,16,20). The number of hydrogen-bond donors (Lipinski definition) is 3. The molecule has 20 heavy (non-hydrogen) atoms. The summed E-state index contributed by atoms with van der Waals surface area (Å²) in [5.41, 5.74) is 6.93. The van der Waals surface area contributed by atoms with Gasteiger partial charge in [-0.15, -0.1) is 0 Å². The Bertz CT molecular complexity index is 505. The number of amides is 3. The highest BCUT2D eigenvalue weighted by atomic mass is 16.2. The number of urea groups is 1. The highest BCUT2D eigenvalue weighted by Gasteiger charge is 2.27. The summed E-state index contributed by atoms with van der Waals surface area (Å²) >= 11 is 0. The molecule has 0 unspecified atom stereocenters. The summed E-state index contributed by atoms with van der Waals surface area (Å²) in [6.07, 6.45) is 3.99. The number of rotatable bonds is 5. The highest BCUT2D eigenvalue weighted by molar-refractivity contribution is 5.94. The van der Waals surface area contributed by atoms with Gasteiger partial charge >= 0.3 is 6.03 Å². The second-order valence-corrected chi connectivity index (χ2v) is 5.18. The third-order valence-electron chi connectivity index (χ3n) is 3.14. The largest absolute Gasteiger partial charge is 0.397 e. The first-order chi connectivity index (χ1) is 9.49. The fraction of sp³-hybridized carbons (Fsp3) is 0.538. The molecule has 0 aromatic carbocycles. The summed E-state index contributed by atoms with van der Waals surface area (Å²) in [4.78, 5) is 24.8. The zero-order chi connectivity index (χ0) is 14.7. The number of aromatic nitrogens is 1. The van der Waals surface area contributed by atoms with Crippen molar-refractivity contribution in [3.63, 3.8) is 0 Å². The van der Waals surface area contributed by atoms with Crippen LogP contribution in [0.25, 0.3) is 0 Å². The zero-order valence-corrected chi connectivity index (χ0v) is 11.8. The van der Waals surface area contributed by atoms with Crippen molar-refractivity contribution in [1.82, 2.24) is 20.1 Å². The Morgan fingerprint density at radius 2 is 2.00 bits per heavy atom. The Labute approximate surface area is 118 Å². The molecule has 0 saturated heterocycles. The topological polar surface area (TPSA) is 92.4 Å². The lowest BCUT2D eigenvalue weighted by atomic mass is 10.3. The number of nitrogens with zero attached hydrogens (tertiary/aromatic N) is 2. The molecular weight excluding hydrogens is 258 g/mol. The minimum atomic E-state index is -0.176. The number of carbonyl (C=O) groups is 2. The molecular formula is C13H21N5O2. The number of carbonyl (C=O) groups excluding carboxylic acids is 2. The van der Waals surface area contributed by atoms with Crippen LogP contribution in [0.1, 0.15) is 29.4 Å². The highest BCUT2D eigenvalue weighted by Crippen LogP contribution is 2.37. The van der Waals surface area contributed by atoms with Crippen molar-refractivity contribution in [1.29, 1.82) is 0 Å². The van der Waals surface area contributed by atoms with E-state index in [2.05, 4.69) is 10.6 Å². The lowest BCUT2D eigenvalue weighted by molar-refractivity contribution is 0.0944. The van der Waals surface area contributed by atoms with E-state index < -0.39 is 0 Å². The molecule has 0 bridgehead atoms. The zero-order valence-electron chi connectivity index (χ0n) is 11.8. The van der Waals surface area contributed by atoms with E-state index in [1.54, 1.807) is 26.4 Å². The Morgan fingerprint density at radius 3 is 2.60 bits per heavy atom. The lowest BCUT2D eigenvalue weighted by Gasteiger charge is -2.12. The molecule has 0 aliphatic heterocycles. The Morgan fingerprint density at radius 1 is 1.35 bits per heavy atom. The van der Waals surface area contributed by atoms with E-state index in [4.69, 9.17) is 5.73 Å². The van der Waals surface area contributed by atoms with Gasteiger partial charge in [0.2, 0.25) is 0 Å². The first-order valence-electron chi connectivity index (χ1n) is 6.69. The molecule has 1 aliphatic carbocycles. The number of anilines is 1. The van der Waals surface area contributed by atoms with Gasteiger partial charge in [0.15, 0.2) is 0 Å². The van der Waals surface area contributed by atoms with Crippen LogP contribution in [0.15, 0.2) is 12.3 Å². The van der Waals surface area contributed by atoms with Crippen molar-refractivity contribution < 1.29 is 9.59 Å². The van der Waals surface area contributed by atoms with Crippen molar-refractivity contribution in [3.8, 4) is 0 Å². The molecule has 2 rings (SSSR count). The summed E-state index contributed by atoms with van der Waals surface area (Å²) in [6, 6.07) is 1.91. The first kappa shape index (κ1) is 14.2. The van der Waals surface area contributed by atoms with E-state index in [1.165, 1.54) is 4.90 Å². The smallest absolute Gasteiger partial charge is 0.316 e. The maximum atomic E-state index is 12.1. The van der Waals surface area contributed by atoms with Gasteiger partial charge in [0.25, 0.3) is 5.91 Å². The molecule has 1 aromatic rings. The molecule has 7 heteroatoms. The quantitative estimate of drug-likeness (QED) is 0.681. The van der Waals surface area contributed by atoms with E-state index in [9.17, 15) is 9.59 Å². The molecule has 3 amide bonds. The van der Waals surface area contributed by atoms with E-state index in [-0.39, 0.29) is 11.9 Å². The van der Waals surface area contributed by atoms with Gasteiger partial charge in [-0.2, -0.15) is 0 Å². The summed E-state index contributed by atoms with van der Waals surface area (Å²) in [5.74, 6) is -0.160. The lowest BCUT2D eigenvalue weighted by Crippen LogP contribution is -2.39. The van der Waals surface area contributed by atoms with Crippen molar-refractivity contribution in [2.75, 3.05) is 32.9 Å². The molecule has 1 aromatic heterocycles.